The first kappa shape index (κ1) is 59.1. The Morgan fingerprint density at radius 3 is 1.19 bits per heavy atom. The van der Waals surface area contributed by atoms with Gasteiger partial charge in [0.1, 0.15) is 36.6 Å². The van der Waals surface area contributed by atoms with E-state index in [1.54, 1.807) is 0 Å². The van der Waals surface area contributed by atoms with Crippen molar-refractivity contribution in [2.75, 3.05) is 13.2 Å². The highest BCUT2D eigenvalue weighted by Crippen LogP contribution is 2.23. The third-order valence-corrected chi connectivity index (χ3v) is 13.2. The van der Waals surface area contributed by atoms with E-state index in [1.807, 2.05) is 0 Å². The summed E-state index contributed by atoms with van der Waals surface area (Å²) >= 11 is 0. The maximum Gasteiger partial charge on any atom is 0.249 e. The van der Waals surface area contributed by atoms with Crippen molar-refractivity contribution in [3.8, 4) is 0 Å². The van der Waals surface area contributed by atoms with Crippen molar-refractivity contribution >= 4 is 5.91 Å². The van der Waals surface area contributed by atoms with E-state index in [9.17, 15) is 40.5 Å². The van der Waals surface area contributed by atoms with Gasteiger partial charge in [0.25, 0.3) is 0 Å². The fourth-order valence-electron chi connectivity index (χ4n) is 8.80. The molecule has 0 aromatic rings. The van der Waals surface area contributed by atoms with Crippen LogP contribution < -0.4 is 5.32 Å². The molecule has 0 spiro atoms. The zero-order chi connectivity index (χ0) is 45.5. The quantitative estimate of drug-likeness (QED) is 0.0273. The van der Waals surface area contributed by atoms with Crippen LogP contribution in [0, 0.1) is 0 Å². The van der Waals surface area contributed by atoms with Crippen LogP contribution in [0.3, 0.4) is 0 Å². The highest BCUT2D eigenvalue weighted by Gasteiger charge is 2.44. The lowest BCUT2D eigenvalue weighted by molar-refractivity contribution is -0.303. The SMILES string of the molecule is CCCCCCCCCCCCCCCCCCCCCCCCCCCCCC(O)C(O)C(COC1OC(CO)C(O)C(O)C1O)NC(=O)C(O)CCCCCCCCCC. The Morgan fingerprint density at radius 1 is 0.500 bits per heavy atom. The third kappa shape index (κ3) is 30.3. The van der Waals surface area contributed by atoms with Crippen LogP contribution in [0.1, 0.15) is 251 Å². The predicted molar refractivity (Wildman–Crippen MR) is 252 cm³/mol. The first-order valence-corrected chi connectivity index (χ1v) is 26.4. The lowest BCUT2D eigenvalue weighted by atomic mass is 9.98. The fraction of sp³-hybridized carbons (Fsp3) is 0.980. The van der Waals surface area contributed by atoms with Crippen molar-refractivity contribution in [3.05, 3.63) is 0 Å². The number of hydrogen-bond donors (Lipinski definition) is 8. The monoisotopic (exact) mass is 888 g/mol. The first-order chi connectivity index (χ1) is 30.2. The van der Waals surface area contributed by atoms with Crippen molar-refractivity contribution in [3.63, 3.8) is 0 Å². The van der Waals surface area contributed by atoms with Gasteiger partial charge in [-0.05, 0) is 12.8 Å². The Kier molecular flexibility index (Phi) is 39.6. The number of aliphatic hydroxyl groups excluding tert-OH is 7. The molecule has 1 amide bonds. The highest BCUT2D eigenvalue weighted by molar-refractivity contribution is 5.80. The molecule has 0 bridgehead atoms. The molecule has 1 aliphatic heterocycles. The van der Waals surface area contributed by atoms with Gasteiger partial charge in [-0.15, -0.1) is 0 Å². The van der Waals surface area contributed by atoms with E-state index < -0.39 is 74.2 Å². The Balaban J connectivity index is 2.22. The van der Waals surface area contributed by atoms with Crippen LogP contribution in [0.4, 0.5) is 0 Å². The van der Waals surface area contributed by atoms with Gasteiger partial charge < -0.3 is 50.5 Å². The molecule has 8 N–H and O–H groups in total. The molecule has 1 fully saturated rings. The van der Waals surface area contributed by atoms with E-state index in [0.29, 0.717) is 19.3 Å². The van der Waals surface area contributed by atoms with Crippen molar-refractivity contribution in [1.82, 2.24) is 5.32 Å². The van der Waals surface area contributed by atoms with Crippen LogP contribution in [0.25, 0.3) is 0 Å². The van der Waals surface area contributed by atoms with Crippen LogP contribution in [0.15, 0.2) is 0 Å². The molecule has 1 aliphatic rings. The lowest BCUT2D eigenvalue weighted by Gasteiger charge is -2.40. The lowest BCUT2D eigenvalue weighted by Crippen LogP contribution is -2.60. The summed E-state index contributed by atoms with van der Waals surface area (Å²) in [4.78, 5) is 13.0. The summed E-state index contributed by atoms with van der Waals surface area (Å²) in [5.74, 6) is -0.697. The first-order valence-electron chi connectivity index (χ1n) is 26.4. The molecular formula is C51H101NO10. The number of nitrogens with one attached hydrogen (secondary N) is 1. The molecule has 11 heteroatoms. The second-order valence-corrected chi connectivity index (χ2v) is 19.0. The molecule has 0 aliphatic carbocycles. The van der Waals surface area contributed by atoms with Crippen molar-refractivity contribution in [2.45, 2.75) is 306 Å². The highest BCUT2D eigenvalue weighted by atomic mass is 16.7. The third-order valence-electron chi connectivity index (χ3n) is 13.2. The minimum absolute atomic E-state index is 0.263. The topological polar surface area (TPSA) is 189 Å². The van der Waals surface area contributed by atoms with Crippen molar-refractivity contribution < 1.29 is 50.0 Å². The van der Waals surface area contributed by atoms with Gasteiger partial charge in [0, 0.05) is 0 Å². The number of rotatable bonds is 45. The van der Waals surface area contributed by atoms with Gasteiger partial charge in [-0.3, -0.25) is 4.79 Å². The predicted octanol–water partition coefficient (Wildman–Crippen LogP) is 9.84. The van der Waals surface area contributed by atoms with Gasteiger partial charge in [0.2, 0.25) is 5.91 Å². The zero-order valence-electron chi connectivity index (χ0n) is 40.1. The molecule has 0 saturated carbocycles. The number of carbonyl (C=O) groups is 1. The van der Waals surface area contributed by atoms with E-state index in [1.165, 1.54) is 173 Å². The Morgan fingerprint density at radius 2 is 0.839 bits per heavy atom. The molecule has 9 unspecified atom stereocenters. The maximum absolute atomic E-state index is 13.0. The molecule has 0 radical (unpaired) electrons. The average Bonchev–Trinajstić information content (AvgIpc) is 3.27. The Bertz CT molecular complexity index is 975. The van der Waals surface area contributed by atoms with E-state index in [0.717, 1.165) is 38.5 Å². The summed E-state index contributed by atoms with van der Waals surface area (Å²) in [6.07, 6.45) is 33.4. The number of unbranched alkanes of at least 4 members (excludes halogenated alkanes) is 33. The molecule has 1 heterocycles. The molecule has 0 aromatic carbocycles. The number of aliphatic hydroxyl groups is 7. The van der Waals surface area contributed by atoms with E-state index in [4.69, 9.17) is 9.47 Å². The zero-order valence-corrected chi connectivity index (χ0v) is 40.1. The molecule has 370 valence electrons. The summed E-state index contributed by atoms with van der Waals surface area (Å²) < 4.78 is 11.1. The summed E-state index contributed by atoms with van der Waals surface area (Å²) in [6.45, 7) is 3.42. The van der Waals surface area contributed by atoms with E-state index in [2.05, 4.69) is 19.2 Å². The number of hydrogen-bond acceptors (Lipinski definition) is 10. The van der Waals surface area contributed by atoms with Crippen molar-refractivity contribution in [1.29, 1.82) is 0 Å². The van der Waals surface area contributed by atoms with Crippen molar-refractivity contribution in [2.24, 2.45) is 0 Å². The standard InChI is InChI=1S/C51H101NO10/c1-3-5-7-9-11-13-14-15-16-17-18-19-20-21-22-23-24-25-26-27-28-29-30-31-33-34-36-38-43(54)46(56)42(41-61-51-49(59)48(58)47(57)45(40-53)62-51)52-50(60)44(55)39-37-35-32-12-10-8-6-4-2/h42-49,51,53-59H,3-41H2,1-2H3,(H,52,60). The summed E-state index contributed by atoms with van der Waals surface area (Å²) in [5, 5.41) is 75.6. The summed E-state index contributed by atoms with van der Waals surface area (Å²) in [5.41, 5.74) is 0. The molecule has 9 atom stereocenters. The van der Waals surface area contributed by atoms with E-state index in [-0.39, 0.29) is 6.42 Å². The van der Waals surface area contributed by atoms with Gasteiger partial charge in [-0.1, -0.05) is 239 Å². The molecule has 62 heavy (non-hydrogen) atoms. The number of amides is 1. The van der Waals surface area contributed by atoms with Crippen LogP contribution in [-0.2, 0) is 14.3 Å². The van der Waals surface area contributed by atoms with E-state index >= 15 is 0 Å². The minimum atomic E-state index is -1.66. The summed E-state index contributed by atoms with van der Waals surface area (Å²) in [7, 11) is 0. The number of carbonyl (C=O) groups excluding carboxylic acids is 1. The van der Waals surface area contributed by atoms with Gasteiger partial charge in [-0.25, -0.2) is 0 Å². The second kappa shape index (κ2) is 41.5. The maximum atomic E-state index is 13.0. The molecule has 0 aromatic heterocycles. The average molecular weight is 888 g/mol. The van der Waals surface area contributed by atoms with Crippen LogP contribution >= 0.6 is 0 Å². The summed E-state index contributed by atoms with van der Waals surface area (Å²) in [6, 6.07) is -1.16. The minimum Gasteiger partial charge on any atom is -0.394 e. The molecule has 11 nitrogen and oxygen atoms in total. The molecule has 1 saturated heterocycles. The molecule has 1 rings (SSSR count). The van der Waals surface area contributed by atoms with Gasteiger partial charge in [-0.2, -0.15) is 0 Å². The van der Waals surface area contributed by atoms with Crippen LogP contribution in [-0.4, -0.2) is 110 Å². The van der Waals surface area contributed by atoms with Gasteiger partial charge in [0.15, 0.2) is 6.29 Å². The second-order valence-electron chi connectivity index (χ2n) is 19.0. The Hall–Kier alpha value is -0.890. The normalized spacial score (nSPS) is 21.2. The van der Waals surface area contributed by atoms with Gasteiger partial charge in [0.05, 0.1) is 25.4 Å². The van der Waals surface area contributed by atoms with Gasteiger partial charge >= 0.3 is 0 Å². The fourth-order valence-corrected chi connectivity index (χ4v) is 8.80. The smallest absolute Gasteiger partial charge is 0.249 e. The van der Waals surface area contributed by atoms with Crippen LogP contribution in [0.2, 0.25) is 0 Å². The largest absolute Gasteiger partial charge is 0.394 e. The van der Waals surface area contributed by atoms with Crippen LogP contribution in [0.5, 0.6) is 0 Å². The number of ether oxygens (including phenoxy) is 2. The molecular weight excluding hydrogens is 787 g/mol. The Labute approximate surface area is 379 Å².